The summed E-state index contributed by atoms with van der Waals surface area (Å²) in [4.78, 5) is 17.1. The van der Waals surface area contributed by atoms with Gasteiger partial charge in [0.15, 0.2) is 9.84 Å². The van der Waals surface area contributed by atoms with Gasteiger partial charge in [0.2, 0.25) is 0 Å². The summed E-state index contributed by atoms with van der Waals surface area (Å²) in [5.41, 5.74) is 4.35. The van der Waals surface area contributed by atoms with Crippen molar-refractivity contribution in [2.75, 3.05) is 12.9 Å². The van der Waals surface area contributed by atoms with Crippen LogP contribution in [-0.2, 0) is 32.2 Å². The van der Waals surface area contributed by atoms with Gasteiger partial charge in [0.25, 0.3) is 0 Å². The number of rotatable bonds is 8. The lowest BCUT2D eigenvalue weighted by Gasteiger charge is -2.11. The van der Waals surface area contributed by atoms with Crippen molar-refractivity contribution in [1.29, 1.82) is 0 Å². The molecule has 1 aromatic heterocycles. The number of carbonyl (C=O) groups is 1. The minimum absolute atomic E-state index is 0.0957. The Morgan fingerprint density at radius 1 is 1.06 bits per heavy atom. The number of aromatic nitrogens is 2. The Morgan fingerprint density at radius 3 is 2.28 bits per heavy atom. The maximum atomic E-state index is 12.2. The van der Waals surface area contributed by atoms with Gasteiger partial charge in [-0.3, -0.25) is 4.79 Å². The molecular formula is C25H30N2O4S. The second kappa shape index (κ2) is 9.69. The number of sulfone groups is 1. The van der Waals surface area contributed by atoms with Gasteiger partial charge in [-0.25, -0.2) is 13.4 Å². The fourth-order valence-corrected chi connectivity index (χ4v) is 4.62. The average molecular weight is 455 g/mol. The standard InChI is InChI=1S/C25H30N2O4S/c1-6-18-8-9-20(14-23(18)32(5,29)30)19-10-12-21(13-11-19)27-16-22(17(3)4)26-24(27)15-25(28)31-7-2/h8-14,16-17H,6-7,15H2,1-5H3. The van der Waals surface area contributed by atoms with Gasteiger partial charge in [0.1, 0.15) is 12.2 Å². The highest BCUT2D eigenvalue weighted by Gasteiger charge is 2.17. The molecule has 0 fully saturated rings. The van der Waals surface area contributed by atoms with Gasteiger partial charge < -0.3 is 9.30 Å². The number of hydrogen-bond donors (Lipinski definition) is 0. The van der Waals surface area contributed by atoms with E-state index >= 15 is 0 Å². The van der Waals surface area contributed by atoms with Crippen LogP contribution in [0.3, 0.4) is 0 Å². The zero-order valence-electron chi connectivity index (χ0n) is 19.3. The van der Waals surface area contributed by atoms with E-state index in [0.717, 1.165) is 28.1 Å². The lowest BCUT2D eigenvalue weighted by molar-refractivity contribution is -0.142. The molecule has 0 saturated heterocycles. The molecular weight excluding hydrogens is 424 g/mol. The predicted octanol–water partition coefficient (Wildman–Crippen LogP) is 4.73. The first kappa shape index (κ1) is 23.7. The molecule has 0 unspecified atom stereocenters. The summed E-state index contributed by atoms with van der Waals surface area (Å²) in [6, 6.07) is 13.4. The van der Waals surface area contributed by atoms with Crippen molar-refractivity contribution >= 4 is 15.8 Å². The van der Waals surface area contributed by atoms with Crippen LogP contribution in [0.4, 0.5) is 0 Å². The maximum absolute atomic E-state index is 12.2. The molecule has 0 saturated carbocycles. The zero-order valence-corrected chi connectivity index (χ0v) is 20.1. The molecule has 2 aromatic carbocycles. The van der Waals surface area contributed by atoms with Crippen LogP contribution < -0.4 is 0 Å². The van der Waals surface area contributed by atoms with E-state index in [1.54, 1.807) is 13.0 Å². The molecule has 3 aromatic rings. The number of imidazole rings is 1. The van der Waals surface area contributed by atoms with E-state index in [1.807, 2.05) is 54.1 Å². The summed E-state index contributed by atoms with van der Waals surface area (Å²) in [7, 11) is -3.31. The van der Waals surface area contributed by atoms with Crippen molar-refractivity contribution in [3.8, 4) is 16.8 Å². The topological polar surface area (TPSA) is 78.3 Å². The Labute approximate surface area is 190 Å². The third-order valence-electron chi connectivity index (χ3n) is 5.32. The molecule has 0 bridgehead atoms. The Balaban J connectivity index is 1.98. The Bertz CT molecular complexity index is 1210. The van der Waals surface area contributed by atoms with Crippen LogP contribution in [0.2, 0.25) is 0 Å². The SMILES string of the molecule is CCOC(=O)Cc1nc(C(C)C)cn1-c1ccc(-c2ccc(CC)c(S(C)(=O)=O)c2)cc1. The molecule has 3 rings (SSSR count). The fraction of sp³-hybridized carbons (Fsp3) is 0.360. The number of carbonyl (C=O) groups excluding carboxylic acids is 1. The Morgan fingerprint density at radius 2 is 1.72 bits per heavy atom. The van der Waals surface area contributed by atoms with Crippen molar-refractivity contribution < 1.29 is 17.9 Å². The summed E-state index contributed by atoms with van der Waals surface area (Å²) in [6.07, 6.45) is 3.94. The van der Waals surface area contributed by atoms with E-state index < -0.39 is 9.84 Å². The molecule has 0 spiro atoms. The highest BCUT2D eigenvalue weighted by Crippen LogP contribution is 2.27. The maximum Gasteiger partial charge on any atom is 0.313 e. The number of ether oxygens (including phenoxy) is 1. The van der Waals surface area contributed by atoms with Crippen LogP contribution in [-0.4, -0.2) is 36.8 Å². The molecule has 0 aliphatic heterocycles. The van der Waals surface area contributed by atoms with E-state index in [9.17, 15) is 13.2 Å². The minimum atomic E-state index is -3.31. The number of nitrogens with zero attached hydrogens (tertiary/aromatic N) is 2. The van der Waals surface area contributed by atoms with Gasteiger partial charge in [-0.1, -0.05) is 45.0 Å². The number of esters is 1. The number of hydrogen-bond acceptors (Lipinski definition) is 5. The first-order valence-corrected chi connectivity index (χ1v) is 12.7. The molecule has 0 aliphatic carbocycles. The van der Waals surface area contributed by atoms with Crippen LogP contribution in [0.25, 0.3) is 16.8 Å². The summed E-state index contributed by atoms with van der Waals surface area (Å²) >= 11 is 0. The molecule has 32 heavy (non-hydrogen) atoms. The molecule has 0 atom stereocenters. The molecule has 0 radical (unpaired) electrons. The van der Waals surface area contributed by atoms with Crippen molar-refractivity contribution in [3.05, 3.63) is 65.7 Å². The largest absolute Gasteiger partial charge is 0.466 e. The third kappa shape index (κ3) is 5.27. The zero-order chi connectivity index (χ0) is 23.5. The highest BCUT2D eigenvalue weighted by molar-refractivity contribution is 7.90. The van der Waals surface area contributed by atoms with Gasteiger partial charge in [-0.2, -0.15) is 0 Å². The normalized spacial score (nSPS) is 11.7. The summed E-state index contributed by atoms with van der Waals surface area (Å²) in [5.74, 6) is 0.546. The minimum Gasteiger partial charge on any atom is -0.466 e. The second-order valence-electron chi connectivity index (χ2n) is 8.08. The van der Waals surface area contributed by atoms with Crippen LogP contribution in [0.1, 0.15) is 50.7 Å². The molecule has 6 nitrogen and oxygen atoms in total. The van der Waals surface area contributed by atoms with E-state index in [2.05, 4.69) is 18.8 Å². The Kier molecular flexibility index (Phi) is 7.19. The smallest absolute Gasteiger partial charge is 0.313 e. The molecule has 1 heterocycles. The van der Waals surface area contributed by atoms with Crippen molar-refractivity contribution in [1.82, 2.24) is 9.55 Å². The molecule has 0 amide bonds. The lowest BCUT2D eigenvalue weighted by atomic mass is 10.0. The predicted molar refractivity (Wildman–Crippen MR) is 126 cm³/mol. The van der Waals surface area contributed by atoms with Crippen LogP contribution in [0.5, 0.6) is 0 Å². The number of aryl methyl sites for hydroxylation is 1. The van der Waals surface area contributed by atoms with E-state index in [-0.39, 0.29) is 18.3 Å². The van der Waals surface area contributed by atoms with Gasteiger partial charge in [-0.05, 0) is 54.2 Å². The van der Waals surface area contributed by atoms with E-state index in [0.29, 0.717) is 23.7 Å². The van der Waals surface area contributed by atoms with Gasteiger partial charge in [0.05, 0.1) is 17.2 Å². The average Bonchev–Trinajstić information content (AvgIpc) is 3.17. The van der Waals surface area contributed by atoms with E-state index in [4.69, 9.17) is 4.74 Å². The summed E-state index contributed by atoms with van der Waals surface area (Å²) in [6.45, 7) is 8.18. The highest BCUT2D eigenvalue weighted by atomic mass is 32.2. The second-order valence-corrected chi connectivity index (χ2v) is 10.1. The van der Waals surface area contributed by atoms with E-state index in [1.165, 1.54) is 6.26 Å². The van der Waals surface area contributed by atoms with Crippen molar-refractivity contribution in [2.45, 2.75) is 51.3 Å². The van der Waals surface area contributed by atoms with Crippen LogP contribution in [0.15, 0.2) is 53.6 Å². The van der Waals surface area contributed by atoms with Crippen LogP contribution in [0, 0.1) is 0 Å². The molecule has 0 aliphatic rings. The monoisotopic (exact) mass is 454 g/mol. The summed E-state index contributed by atoms with van der Waals surface area (Å²) < 4.78 is 31.4. The molecule has 170 valence electrons. The number of benzene rings is 2. The van der Waals surface area contributed by atoms with Gasteiger partial charge >= 0.3 is 5.97 Å². The lowest BCUT2D eigenvalue weighted by Crippen LogP contribution is -2.12. The molecule has 0 N–H and O–H groups in total. The first-order chi connectivity index (χ1) is 15.1. The quantitative estimate of drug-likeness (QED) is 0.460. The molecule has 7 heteroatoms. The van der Waals surface area contributed by atoms with Gasteiger partial charge in [-0.15, -0.1) is 0 Å². The first-order valence-electron chi connectivity index (χ1n) is 10.8. The van der Waals surface area contributed by atoms with Crippen molar-refractivity contribution in [3.63, 3.8) is 0 Å². The third-order valence-corrected chi connectivity index (χ3v) is 6.50. The van der Waals surface area contributed by atoms with Gasteiger partial charge in [0, 0.05) is 18.1 Å². The van der Waals surface area contributed by atoms with Crippen LogP contribution >= 0.6 is 0 Å². The van der Waals surface area contributed by atoms with Crippen molar-refractivity contribution in [2.24, 2.45) is 0 Å². The fourth-order valence-electron chi connectivity index (χ4n) is 3.59. The Hall–Kier alpha value is -2.93. The summed E-state index contributed by atoms with van der Waals surface area (Å²) in [5, 5.41) is 0.